The summed E-state index contributed by atoms with van der Waals surface area (Å²) in [6.07, 6.45) is -3.39. The maximum Gasteiger partial charge on any atom is 0.573 e. The molecular weight excluding hydrogens is 633 g/mol. The molecule has 7 rings (SSSR count). The van der Waals surface area contributed by atoms with Gasteiger partial charge in [0.1, 0.15) is 11.5 Å². The van der Waals surface area contributed by atoms with Gasteiger partial charge in [-0.05, 0) is 74.2 Å². The molecule has 2 aliphatic carbocycles. The molecule has 4 amide bonds. The van der Waals surface area contributed by atoms with Crippen LogP contribution in [0, 0.1) is 29.1 Å². The van der Waals surface area contributed by atoms with Gasteiger partial charge in [-0.1, -0.05) is 35.9 Å². The number of allylic oxidation sites excluding steroid dienone is 2. The number of carbonyl (C=O) groups excluding carboxylic acids is 4. The lowest BCUT2D eigenvalue weighted by molar-refractivity contribution is -0.274. The lowest BCUT2D eigenvalue weighted by Gasteiger charge is -2.49. The number of amides is 4. The molecule has 3 fully saturated rings. The molecule has 6 atom stereocenters. The molecule has 0 spiro atoms. The van der Waals surface area contributed by atoms with Crippen molar-refractivity contribution in [2.24, 2.45) is 29.1 Å². The monoisotopic (exact) mass is 660 g/mol. The molecule has 4 aliphatic rings. The fourth-order valence-electron chi connectivity index (χ4n) is 8.18. The first kappa shape index (κ1) is 31.2. The van der Waals surface area contributed by atoms with Crippen LogP contribution in [0.25, 0.3) is 0 Å². The highest BCUT2D eigenvalue weighted by Crippen LogP contribution is 2.64. The Labute approximate surface area is 271 Å². The average Bonchev–Trinajstić information content (AvgIpc) is 3.41. The van der Waals surface area contributed by atoms with Crippen molar-refractivity contribution in [3.05, 3.63) is 95.6 Å². The summed E-state index contributed by atoms with van der Waals surface area (Å²) >= 11 is 0. The van der Waals surface area contributed by atoms with Gasteiger partial charge in [-0.15, -0.1) is 13.2 Å². The number of rotatable bonds is 5. The molecule has 2 saturated heterocycles. The number of hydrogen-bond donors (Lipinski definition) is 2. The topological polar surface area (TPSA) is 142 Å². The summed E-state index contributed by atoms with van der Waals surface area (Å²) in [7, 11) is 0. The number of alkyl halides is 3. The van der Waals surface area contributed by atoms with Gasteiger partial charge in [0.25, 0.3) is 0 Å². The Bertz CT molecular complexity index is 1940. The molecule has 2 N–H and O–H groups in total. The summed E-state index contributed by atoms with van der Waals surface area (Å²) in [5, 5.41) is 20.6. The van der Waals surface area contributed by atoms with Gasteiger partial charge >= 0.3 is 12.3 Å². The molecule has 0 radical (unpaired) electrons. The maximum atomic E-state index is 14.4. The number of anilines is 2. The first-order valence-electron chi connectivity index (χ1n) is 15.2. The van der Waals surface area contributed by atoms with E-state index in [0.717, 1.165) is 28.0 Å². The first-order valence-corrected chi connectivity index (χ1v) is 15.2. The van der Waals surface area contributed by atoms with E-state index in [2.05, 4.69) is 4.74 Å². The molecule has 3 aromatic rings. The van der Waals surface area contributed by atoms with E-state index in [1.165, 1.54) is 31.2 Å². The van der Waals surface area contributed by atoms with Crippen molar-refractivity contribution in [2.75, 3.05) is 9.80 Å². The number of hydrogen-bond acceptors (Lipinski definition) is 7. The third kappa shape index (κ3) is 4.59. The second-order valence-corrected chi connectivity index (χ2v) is 12.6. The van der Waals surface area contributed by atoms with Crippen LogP contribution in [0.15, 0.2) is 84.4 Å². The first-order chi connectivity index (χ1) is 22.7. The number of phenolic OH excluding ortho intramolecular Hbond substituents is 1. The molecule has 246 valence electrons. The largest absolute Gasteiger partial charge is 0.573 e. The number of ether oxygens (including phenoxy) is 1. The summed E-state index contributed by atoms with van der Waals surface area (Å²) in [6.45, 7) is 1.54. The number of aromatic carboxylic acids is 1. The summed E-state index contributed by atoms with van der Waals surface area (Å²) in [5.41, 5.74) is -1.06. The SMILES string of the molecule is CC12C(=O)N(c3ccccc3)C(=O)C1CC1C(=CCC3C(=O)N(c4cccc(C(=O)O)c4)C(=O)C31)C2c1cc(OC(F)(F)F)ccc1O. The van der Waals surface area contributed by atoms with Crippen molar-refractivity contribution >= 4 is 41.0 Å². The minimum atomic E-state index is -5.06. The number of phenols is 1. The van der Waals surface area contributed by atoms with E-state index < -0.39 is 82.5 Å². The summed E-state index contributed by atoms with van der Waals surface area (Å²) in [4.78, 5) is 70.2. The van der Waals surface area contributed by atoms with Crippen molar-refractivity contribution < 1.29 is 52.1 Å². The highest BCUT2D eigenvalue weighted by Gasteiger charge is 2.68. The highest BCUT2D eigenvalue weighted by molar-refractivity contribution is 6.25. The number of halogens is 3. The number of carboxylic acid groups (broad SMARTS) is 1. The number of aromatic hydroxyl groups is 1. The molecule has 2 heterocycles. The van der Waals surface area contributed by atoms with Crippen LogP contribution in [0.1, 0.15) is 41.6 Å². The standard InChI is InChI=1S/C35H27F3N2O8/c1-34-25(30(43)40(33(34)47)18-7-3-2-4-8-18)16-23-21(28(34)24-15-20(10-13-26(24)41)48-35(36,37)38)11-12-22-27(23)31(44)39(29(22)42)19-9-5-6-17(14-19)32(45)46/h2-11,13-15,22-23,25,27-28,41H,12,16H2,1H3,(H,45,46). The van der Waals surface area contributed by atoms with E-state index in [4.69, 9.17) is 0 Å². The van der Waals surface area contributed by atoms with Crippen molar-refractivity contribution in [1.29, 1.82) is 0 Å². The molecule has 0 bridgehead atoms. The predicted molar refractivity (Wildman–Crippen MR) is 162 cm³/mol. The summed E-state index contributed by atoms with van der Waals surface area (Å²) < 4.78 is 44.0. The van der Waals surface area contributed by atoms with Crippen LogP contribution >= 0.6 is 0 Å². The van der Waals surface area contributed by atoms with E-state index >= 15 is 0 Å². The lowest BCUT2D eigenvalue weighted by Crippen LogP contribution is -2.49. The zero-order valence-electron chi connectivity index (χ0n) is 25.2. The van der Waals surface area contributed by atoms with Gasteiger partial charge in [-0.3, -0.25) is 24.1 Å². The van der Waals surface area contributed by atoms with Gasteiger partial charge in [0, 0.05) is 11.5 Å². The van der Waals surface area contributed by atoms with Gasteiger partial charge < -0.3 is 14.9 Å². The summed E-state index contributed by atoms with van der Waals surface area (Å²) in [5.74, 6) is -9.74. The minimum Gasteiger partial charge on any atom is -0.508 e. The van der Waals surface area contributed by atoms with Crippen molar-refractivity contribution in [3.8, 4) is 11.5 Å². The quantitative estimate of drug-likeness (QED) is 0.273. The van der Waals surface area contributed by atoms with E-state index in [1.807, 2.05) is 0 Å². The molecule has 1 saturated carbocycles. The molecule has 13 heteroatoms. The zero-order valence-corrected chi connectivity index (χ0v) is 25.2. The van der Waals surface area contributed by atoms with Gasteiger partial charge in [0.05, 0.1) is 40.1 Å². The van der Waals surface area contributed by atoms with E-state index in [-0.39, 0.29) is 35.3 Å². The molecule has 2 aliphatic heterocycles. The van der Waals surface area contributed by atoms with Crippen molar-refractivity contribution in [2.45, 2.75) is 32.0 Å². The molecular formula is C35H27F3N2O8. The fraction of sp³-hybridized carbons (Fsp3) is 0.286. The van der Waals surface area contributed by atoms with Crippen LogP contribution in [0.2, 0.25) is 0 Å². The number of carbonyl (C=O) groups is 5. The second-order valence-electron chi connectivity index (χ2n) is 12.6. The predicted octanol–water partition coefficient (Wildman–Crippen LogP) is 5.42. The molecule has 10 nitrogen and oxygen atoms in total. The van der Waals surface area contributed by atoms with Gasteiger partial charge in [0.2, 0.25) is 23.6 Å². The van der Waals surface area contributed by atoms with Crippen molar-refractivity contribution in [3.63, 3.8) is 0 Å². The number of para-hydroxylation sites is 1. The van der Waals surface area contributed by atoms with Crippen LogP contribution in [0.5, 0.6) is 11.5 Å². The lowest BCUT2D eigenvalue weighted by atomic mass is 9.51. The number of nitrogens with zero attached hydrogens (tertiary/aromatic N) is 2. The van der Waals surface area contributed by atoms with Gasteiger partial charge in [0.15, 0.2) is 0 Å². The van der Waals surface area contributed by atoms with E-state index in [9.17, 15) is 47.4 Å². The molecule has 6 unspecified atom stereocenters. The zero-order chi connectivity index (χ0) is 34.3. The Morgan fingerprint density at radius 1 is 0.875 bits per heavy atom. The Hall–Kier alpha value is -5.46. The Morgan fingerprint density at radius 3 is 2.27 bits per heavy atom. The number of benzene rings is 3. The molecule has 48 heavy (non-hydrogen) atoms. The Morgan fingerprint density at radius 2 is 1.58 bits per heavy atom. The van der Waals surface area contributed by atoms with Crippen LogP contribution < -0.4 is 14.5 Å². The number of carboxylic acids is 1. The summed E-state index contributed by atoms with van der Waals surface area (Å²) in [6, 6.07) is 16.5. The van der Waals surface area contributed by atoms with Crippen LogP contribution in [0.3, 0.4) is 0 Å². The third-order valence-corrected chi connectivity index (χ3v) is 10.2. The van der Waals surface area contributed by atoms with Gasteiger partial charge in [-0.25, -0.2) is 9.69 Å². The van der Waals surface area contributed by atoms with E-state index in [1.54, 1.807) is 36.4 Å². The highest BCUT2D eigenvalue weighted by atomic mass is 19.4. The average molecular weight is 661 g/mol. The molecule has 3 aromatic carbocycles. The fourth-order valence-corrected chi connectivity index (χ4v) is 8.18. The van der Waals surface area contributed by atoms with Crippen LogP contribution in [-0.2, 0) is 19.2 Å². The van der Waals surface area contributed by atoms with Crippen LogP contribution in [-0.4, -0.2) is 46.2 Å². The van der Waals surface area contributed by atoms with Crippen molar-refractivity contribution in [1.82, 2.24) is 0 Å². The Kier molecular flexibility index (Phi) is 7.00. The molecule has 0 aromatic heterocycles. The third-order valence-electron chi connectivity index (χ3n) is 10.2. The Balaban J connectivity index is 1.38. The maximum absolute atomic E-state index is 14.4. The number of imide groups is 2. The normalized spacial score (nSPS) is 28.2. The van der Waals surface area contributed by atoms with Crippen LogP contribution in [0.4, 0.5) is 24.5 Å². The van der Waals surface area contributed by atoms with E-state index in [0.29, 0.717) is 5.57 Å². The smallest absolute Gasteiger partial charge is 0.508 e. The second kappa shape index (κ2) is 10.8. The van der Waals surface area contributed by atoms with Gasteiger partial charge in [-0.2, -0.15) is 0 Å². The minimum absolute atomic E-state index is 0.0253. The number of fused-ring (bicyclic) bond motifs is 4.